The molecule has 120 valence electrons. The number of halogens is 2. The fraction of sp³-hybridized carbons (Fsp3) is 0.647. The van der Waals surface area contributed by atoms with Gasteiger partial charge < -0.3 is 10.2 Å². The van der Waals surface area contributed by atoms with E-state index >= 15 is 0 Å². The van der Waals surface area contributed by atoms with Gasteiger partial charge >= 0.3 is 0 Å². The quantitative estimate of drug-likeness (QED) is 0.768. The summed E-state index contributed by atoms with van der Waals surface area (Å²) in [6, 6.07) is 3.02. The zero-order valence-electron chi connectivity index (χ0n) is 13.8. The van der Waals surface area contributed by atoms with Crippen LogP contribution in [0.15, 0.2) is 12.1 Å². The number of hydrogen-bond donors (Lipinski definition) is 1. The second-order valence-electron chi connectivity index (χ2n) is 6.01. The smallest absolute Gasteiger partial charge is 0.149 e. The Morgan fingerprint density at radius 1 is 1.10 bits per heavy atom. The van der Waals surface area contributed by atoms with Crippen molar-refractivity contribution in [3.63, 3.8) is 0 Å². The molecule has 0 bridgehead atoms. The summed E-state index contributed by atoms with van der Waals surface area (Å²) in [6.45, 7) is 9.58. The first-order chi connectivity index (χ1) is 9.90. The fourth-order valence-corrected chi connectivity index (χ4v) is 2.58. The standard InChI is InChI=1S/C17H28F2N2/c1-6-14(7-2)21(5)17-15(18)8-13(9-16(17)19)11-20-10-12(3)4/h8-9,12,14,20H,6-7,10-11H2,1-5H3. The Hall–Kier alpha value is -1.16. The third kappa shape index (κ3) is 4.95. The van der Waals surface area contributed by atoms with Crippen LogP contribution in [-0.4, -0.2) is 19.6 Å². The van der Waals surface area contributed by atoms with Gasteiger partial charge in [0, 0.05) is 19.6 Å². The first kappa shape index (κ1) is 17.9. The van der Waals surface area contributed by atoms with Gasteiger partial charge in [0.25, 0.3) is 0 Å². The first-order valence-electron chi connectivity index (χ1n) is 7.82. The van der Waals surface area contributed by atoms with E-state index in [0.717, 1.165) is 19.4 Å². The van der Waals surface area contributed by atoms with Crippen molar-refractivity contribution in [1.82, 2.24) is 5.32 Å². The highest BCUT2D eigenvalue weighted by atomic mass is 19.1. The Morgan fingerprint density at radius 2 is 1.62 bits per heavy atom. The molecule has 0 spiro atoms. The van der Waals surface area contributed by atoms with E-state index in [2.05, 4.69) is 19.2 Å². The molecular weight excluding hydrogens is 270 g/mol. The Bertz CT molecular complexity index is 419. The second kappa shape index (κ2) is 8.32. The maximum absolute atomic E-state index is 14.3. The lowest BCUT2D eigenvalue weighted by atomic mass is 10.1. The van der Waals surface area contributed by atoms with E-state index in [1.807, 2.05) is 13.8 Å². The highest BCUT2D eigenvalue weighted by Gasteiger charge is 2.20. The van der Waals surface area contributed by atoms with Crippen molar-refractivity contribution in [2.24, 2.45) is 5.92 Å². The number of anilines is 1. The molecule has 0 atom stereocenters. The lowest BCUT2D eigenvalue weighted by Gasteiger charge is -2.29. The van der Waals surface area contributed by atoms with Crippen molar-refractivity contribution in [3.05, 3.63) is 29.3 Å². The van der Waals surface area contributed by atoms with Crippen LogP contribution >= 0.6 is 0 Å². The third-order valence-electron chi connectivity index (χ3n) is 3.80. The molecule has 1 rings (SSSR count). The van der Waals surface area contributed by atoms with Gasteiger partial charge in [-0.25, -0.2) is 8.78 Å². The molecule has 1 aromatic carbocycles. The minimum absolute atomic E-state index is 0.0799. The molecule has 0 aliphatic heterocycles. The summed E-state index contributed by atoms with van der Waals surface area (Å²) in [5.41, 5.74) is 0.726. The van der Waals surface area contributed by atoms with Gasteiger partial charge in [-0.2, -0.15) is 0 Å². The Morgan fingerprint density at radius 3 is 2.05 bits per heavy atom. The highest BCUT2D eigenvalue weighted by Crippen LogP contribution is 2.27. The van der Waals surface area contributed by atoms with Crippen LogP contribution in [0.2, 0.25) is 0 Å². The lowest BCUT2D eigenvalue weighted by Crippen LogP contribution is -2.32. The van der Waals surface area contributed by atoms with Crippen LogP contribution in [0.3, 0.4) is 0 Å². The summed E-state index contributed by atoms with van der Waals surface area (Å²) >= 11 is 0. The number of benzene rings is 1. The normalized spacial score (nSPS) is 11.5. The van der Waals surface area contributed by atoms with E-state index in [0.29, 0.717) is 18.0 Å². The van der Waals surface area contributed by atoms with Crippen LogP contribution < -0.4 is 10.2 Å². The average molecular weight is 298 g/mol. The lowest BCUT2D eigenvalue weighted by molar-refractivity contribution is 0.527. The molecule has 0 aliphatic rings. The molecule has 2 nitrogen and oxygen atoms in total. The second-order valence-corrected chi connectivity index (χ2v) is 6.01. The van der Waals surface area contributed by atoms with E-state index in [-0.39, 0.29) is 11.7 Å². The summed E-state index contributed by atoms with van der Waals surface area (Å²) in [6.07, 6.45) is 1.73. The molecule has 4 heteroatoms. The zero-order chi connectivity index (χ0) is 16.0. The number of hydrogen-bond acceptors (Lipinski definition) is 2. The van der Waals surface area contributed by atoms with Gasteiger partial charge in [-0.05, 0) is 43.0 Å². The van der Waals surface area contributed by atoms with Gasteiger partial charge in [-0.15, -0.1) is 0 Å². The van der Waals surface area contributed by atoms with Gasteiger partial charge in [0.1, 0.15) is 17.3 Å². The van der Waals surface area contributed by atoms with Gasteiger partial charge in [0.2, 0.25) is 0 Å². The fourth-order valence-electron chi connectivity index (χ4n) is 2.58. The van der Waals surface area contributed by atoms with Crippen LogP contribution in [0, 0.1) is 17.6 Å². The predicted molar refractivity (Wildman–Crippen MR) is 85.7 cm³/mol. The van der Waals surface area contributed by atoms with E-state index in [4.69, 9.17) is 0 Å². The highest BCUT2D eigenvalue weighted by molar-refractivity contribution is 5.51. The summed E-state index contributed by atoms with van der Waals surface area (Å²) in [5.74, 6) is -0.448. The molecule has 0 radical (unpaired) electrons. The van der Waals surface area contributed by atoms with E-state index < -0.39 is 11.6 Å². The van der Waals surface area contributed by atoms with Crippen molar-refractivity contribution in [2.45, 2.75) is 53.1 Å². The van der Waals surface area contributed by atoms with Gasteiger partial charge in [0.15, 0.2) is 0 Å². The topological polar surface area (TPSA) is 15.3 Å². The van der Waals surface area contributed by atoms with Crippen molar-refractivity contribution >= 4 is 5.69 Å². The number of rotatable bonds is 8. The Labute approximate surface area is 127 Å². The van der Waals surface area contributed by atoms with E-state index in [9.17, 15) is 8.78 Å². The van der Waals surface area contributed by atoms with Gasteiger partial charge in [-0.1, -0.05) is 27.7 Å². The minimum Gasteiger partial charge on any atom is -0.367 e. The van der Waals surface area contributed by atoms with Crippen LogP contribution in [-0.2, 0) is 6.54 Å². The molecule has 1 aromatic rings. The monoisotopic (exact) mass is 298 g/mol. The SMILES string of the molecule is CCC(CC)N(C)c1c(F)cc(CNCC(C)C)cc1F. The molecule has 0 unspecified atom stereocenters. The molecule has 0 saturated heterocycles. The number of nitrogens with one attached hydrogen (secondary N) is 1. The molecule has 21 heavy (non-hydrogen) atoms. The largest absolute Gasteiger partial charge is 0.367 e. The minimum atomic E-state index is -0.481. The number of nitrogens with zero attached hydrogens (tertiary/aromatic N) is 1. The van der Waals surface area contributed by atoms with Crippen LogP contribution in [0.5, 0.6) is 0 Å². The zero-order valence-corrected chi connectivity index (χ0v) is 13.8. The van der Waals surface area contributed by atoms with E-state index in [1.165, 1.54) is 12.1 Å². The molecule has 0 amide bonds. The average Bonchev–Trinajstić information content (AvgIpc) is 2.38. The molecule has 0 aromatic heterocycles. The molecule has 0 saturated carbocycles. The van der Waals surface area contributed by atoms with Crippen molar-refractivity contribution in [2.75, 3.05) is 18.5 Å². The molecular formula is C17H28F2N2. The van der Waals surface area contributed by atoms with Crippen LogP contribution in [0.4, 0.5) is 14.5 Å². The summed E-state index contributed by atoms with van der Waals surface area (Å²) in [4.78, 5) is 1.72. The molecule has 0 fully saturated rings. The maximum Gasteiger partial charge on any atom is 0.149 e. The maximum atomic E-state index is 14.3. The predicted octanol–water partition coefficient (Wildman–Crippen LogP) is 4.34. The van der Waals surface area contributed by atoms with Crippen molar-refractivity contribution < 1.29 is 8.78 Å². The molecule has 0 heterocycles. The summed E-state index contributed by atoms with van der Waals surface area (Å²) in [5, 5.41) is 3.20. The van der Waals surface area contributed by atoms with E-state index in [1.54, 1.807) is 11.9 Å². The van der Waals surface area contributed by atoms with Crippen LogP contribution in [0.25, 0.3) is 0 Å². The van der Waals surface area contributed by atoms with Gasteiger partial charge in [0.05, 0.1) is 0 Å². The van der Waals surface area contributed by atoms with Crippen LogP contribution in [0.1, 0.15) is 46.1 Å². The third-order valence-corrected chi connectivity index (χ3v) is 3.80. The van der Waals surface area contributed by atoms with Crippen molar-refractivity contribution in [1.29, 1.82) is 0 Å². The summed E-state index contributed by atoms with van der Waals surface area (Å²) in [7, 11) is 1.76. The Balaban J connectivity index is 2.89. The van der Waals surface area contributed by atoms with Gasteiger partial charge in [-0.3, -0.25) is 0 Å². The Kier molecular flexibility index (Phi) is 7.09. The van der Waals surface area contributed by atoms with Crippen molar-refractivity contribution in [3.8, 4) is 0 Å². The molecule has 1 N–H and O–H groups in total. The molecule has 0 aliphatic carbocycles. The summed E-state index contributed by atoms with van der Waals surface area (Å²) < 4.78 is 28.5. The first-order valence-corrected chi connectivity index (χ1v) is 7.82.